The summed E-state index contributed by atoms with van der Waals surface area (Å²) in [5, 5.41) is 9.29. The second-order valence-corrected chi connectivity index (χ2v) is 6.90. The number of rotatable bonds is 6. The second-order valence-electron chi connectivity index (χ2n) is 6.50. The van der Waals surface area contributed by atoms with E-state index in [0.717, 1.165) is 11.3 Å². The molecule has 0 aliphatic carbocycles. The first-order chi connectivity index (χ1) is 15.2. The molecule has 2 aromatic heterocycles. The number of pyridine rings is 1. The first-order valence-corrected chi connectivity index (χ1v) is 9.76. The number of hydrogen-bond donors (Lipinski definition) is 1. The minimum atomic E-state index is -0.330. The number of carbonyl (C=O) groups excluding carboxylic acids is 1. The SMILES string of the molecule is COc1ccc(-c2nn(-c3ccccc3)cc2C=NNC(=O)c2ccncc2)cc1Cl. The van der Waals surface area contributed by atoms with Gasteiger partial charge in [-0.1, -0.05) is 29.8 Å². The molecule has 31 heavy (non-hydrogen) atoms. The van der Waals surface area contributed by atoms with E-state index in [1.54, 1.807) is 54.7 Å². The predicted molar refractivity (Wildman–Crippen MR) is 120 cm³/mol. The van der Waals surface area contributed by atoms with Crippen LogP contribution in [0.2, 0.25) is 5.02 Å². The zero-order chi connectivity index (χ0) is 21.6. The Labute approximate surface area is 184 Å². The van der Waals surface area contributed by atoms with Crippen molar-refractivity contribution in [2.24, 2.45) is 5.10 Å². The largest absolute Gasteiger partial charge is 0.495 e. The molecule has 0 spiro atoms. The predicted octanol–water partition coefficient (Wildman–Crippen LogP) is 4.36. The summed E-state index contributed by atoms with van der Waals surface area (Å²) >= 11 is 6.31. The third kappa shape index (κ3) is 4.62. The van der Waals surface area contributed by atoms with Gasteiger partial charge in [-0.25, -0.2) is 10.1 Å². The normalized spacial score (nSPS) is 10.9. The van der Waals surface area contributed by atoms with E-state index in [1.165, 1.54) is 0 Å². The van der Waals surface area contributed by atoms with E-state index in [9.17, 15) is 4.79 Å². The molecule has 1 N–H and O–H groups in total. The highest BCUT2D eigenvalue weighted by Crippen LogP contribution is 2.31. The second kappa shape index (κ2) is 9.23. The standard InChI is InChI=1S/C23H18ClN5O2/c1-31-21-8-7-17(13-20(21)24)22-18(15-29(28-22)19-5-3-2-4-6-19)14-26-27-23(30)16-9-11-25-12-10-16/h2-15H,1H3,(H,27,30). The minimum absolute atomic E-state index is 0.330. The summed E-state index contributed by atoms with van der Waals surface area (Å²) in [4.78, 5) is 16.1. The molecule has 154 valence electrons. The van der Waals surface area contributed by atoms with Crippen LogP contribution in [0.25, 0.3) is 16.9 Å². The molecule has 2 aromatic carbocycles. The Morgan fingerprint density at radius 1 is 1.13 bits per heavy atom. The Morgan fingerprint density at radius 3 is 2.61 bits per heavy atom. The van der Waals surface area contributed by atoms with Gasteiger partial charge in [-0.3, -0.25) is 9.78 Å². The number of benzene rings is 2. The van der Waals surface area contributed by atoms with Crippen molar-refractivity contribution in [1.82, 2.24) is 20.2 Å². The van der Waals surface area contributed by atoms with Crippen LogP contribution >= 0.6 is 11.6 Å². The molecule has 0 saturated heterocycles. The Hall–Kier alpha value is -3.97. The monoisotopic (exact) mass is 431 g/mol. The Bertz CT molecular complexity index is 1220. The van der Waals surface area contributed by atoms with Gasteiger partial charge in [0.15, 0.2) is 0 Å². The highest BCUT2D eigenvalue weighted by Gasteiger charge is 2.13. The molecule has 4 aromatic rings. The van der Waals surface area contributed by atoms with Crippen LogP contribution < -0.4 is 10.2 Å². The number of ether oxygens (including phenoxy) is 1. The molecule has 0 aliphatic heterocycles. The summed E-state index contributed by atoms with van der Waals surface area (Å²) in [5.41, 5.74) is 6.05. The first kappa shape index (κ1) is 20.3. The molecular formula is C23H18ClN5O2. The van der Waals surface area contributed by atoms with Gasteiger partial charge in [0.2, 0.25) is 0 Å². The van der Waals surface area contributed by atoms with Crippen molar-refractivity contribution < 1.29 is 9.53 Å². The molecular weight excluding hydrogens is 414 g/mol. The Morgan fingerprint density at radius 2 is 1.90 bits per heavy atom. The Kier molecular flexibility index (Phi) is 6.05. The summed E-state index contributed by atoms with van der Waals surface area (Å²) in [7, 11) is 1.56. The van der Waals surface area contributed by atoms with Crippen LogP contribution in [0, 0.1) is 0 Å². The number of amides is 1. The lowest BCUT2D eigenvalue weighted by Crippen LogP contribution is -2.17. The van der Waals surface area contributed by atoms with Gasteiger partial charge >= 0.3 is 0 Å². The van der Waals surface area contributed by atoms with Gasteiger partial charge in [-0.05, 0) is 42.5 Å². The van der Waals surface area contributed by atoms with E-state index in [1.807, 2.05) is 42.6 Å². The molecule has 0 fully saturated rings. The first-order valence-electron chi connectivity index (χ1n) is 9.38. The molecule has 1 amide bonds. The van der Waals surface area contributed by atoms with E-state index in [4.69, 9.17) is 21.4 Å². The summed E-state index contributed by atoms with van der Waals surface area (Å²) in [6, 6.07) is 18.4. The van der Waals surface area contributed by atoms with Gasteiger partial charge in [0, 0.05) is 35.3 Å². The van der Waals surface area contributed by atoms with E-state index in [2.05, 4.69) is 15.5 Å². The maximum Gasteiger partial charge on any atom is 0.271 e. The van der Waals surface area contributed by atoms with Crippen LogP contribution in [0.15, 0.2) is 84.4 Å². The fourth-order valence-electron chi connectivity index (χ4n) is 2.96. The third-order valence-corrected chi connectivity index (χ3v) is 4.80. The van der Waals surface area contributed by atoms with Crippen LogP contribution in [0.3, 0.4) is 0 Å². The summed E-state index contributed by atoms with van der Waals surface area (Å²) in [5.74, 6) is 0.246. The van der Waals surface area contributed by atoms with Gasteiger partial charge < -0.3 is 4.74 Å². The molecule has 0 unspecified atom stereocenters. The minimum Gasteiger partial charge on any atom is -0.495 e. The molecule has 4 rings (SSSR count). The quantitative estimate of drug-likeness (QED) is 0.363. The van der Waals surface area contributed by atoms with Gasteiger partial charge in [0.25, 0.3) is 5.91 Å². The number of hydrazone groups is 1. The number of carbonyl (C=O) groups is 1. The van der Waals surface area contributed by atoms with Gasteiger partial charge in [-0.15, -0.1) is 0 Å². The van der Waals surface area contributed by atoms with E-state index >= 15 is 0 Å². The van der Waals surface area contributed by atoms with Gasteiger partial charge in [0.1, 0.15) is 11.4 Å². The molecule has 0 atom stereocenters. The van der Waals surface area contributed by atoms with E-state index in [0.29, 0.717) is 27.6 Å². The topological polar surface area (TPSA) is 81.4 Å². The average Bonchev–Trinajstić information content (AvgIpc) is 3.24. The van der Waals surface area contributed by atoms with Crippen LogP contribution in [0.4, 0.5) is 0 Å². The number of halogens is 1. The van der Waals surface area contributed by atoms with Gasteiger partial charge in [-0.2, -0.15) is 10.2 Å². The number of methoxy groups -OCH3 is 1. The van der Waals surface area contributed by atoms with Crippen LogP contribution in [-0.2, 0) is 0 Å². The Balaban J connectivity index is 1.67. The zero-order valence-corrected chi connectivity index (χ0v) is 17.3. The average molecular weight is 432 g/mol. The molecule has 0 saturated carbocycles. The molecule has 0 radical (unpaired) electrons. The number of para-hydroxylation sites is 1. The van der Waals surface area contributed by atoms with Crippen LogP contribution in [0.5, 0.6) is 5.75 Å². The van der Waals surface area contributed by atoms with Gasteiger partial charge in [0.05, 0.1) is 24.0 Å². The summed E-state index contributed by atoms with van der Waals surface area (Å²) in [6.45, 7) is 0. The number of aromatic nitrogens is 3. The molecule has 7 nitrogen and oxygen atoms in total. The maximum atomic E-state index is 12.2. The lowest BCUT2D eigenvalue weighted by molar-refractivity contribution is 0.0955. The van der Waals surface area contributed by atoms with Crippen molar-refractivity contribution in [2.45, 2.75) is 0 Å². The summed E-state index contributed by atoms with van der Waals surface area (Å²) in [6.07, 6.45) is 6.49. The summed E-state index contributed by atoms with van der Waals surface area (Å²) < 4.78 is 6.99. The van der Waals surface area contributed by atoms with Crippen LogP contribution in [-0.4, -0.2) is 34.0 Å². The van der Waals surface area contributed by atoms with Crippen LogP contribution in [0.1, 0.15) is 15.9 Å². The maximum absolute atomic E-state index is 12.2. The molecule has 2 heterocycles. The highest BCUT2D eigenvalue weighted by atomic mass is 35.5. The van der Waals surface area contributed by atoms with Crippen molar-refractivity contribution in [3.8, 4) is 22.7 Å². The fraction of sp³-hybridized carbons (Fsp3) is 0.0435. The van der Waals surface area contributed by atoms with E-state index in [-0.39, 0.29) is 5.91 Å². The van der Waals surface area contributed by atoms with E-state index < -0.39 is 0 Å². The van der Waals surface area contributed by atoms with Crippen molar-refractivity contribution in [2.75, 3.05) is 7.11 Å². The van der Waals surface area contributed by atoms with Crippen molar-refractivity contribution in [1.29, 1.82) is 0 Å². The van der Waals surface area contributed by atoms with Crippen molar-refractivity contribution in [3.05, 3.63) is 95.4 Å². The lowest BCUT2D eigenvalue weighted by atomic mass is 10.1. The molecule has 0 aliphatic rings. The number of hydrogen-bond acceptors (Lipinski definition) is 5. The molecule has 0 bridgehead atoms. The zero-order valence-electron chi connectivity index (χ0n) is 16.6. The molecule has 8 heteroatoms. The highest BCUT2D eigenvalue weighted by molar-refractivity contribution is 6.32. The number of nitrogens with zero attached hydrogens (tertiary/aromatic N) is 4. The van der Waals surface area contributed by atoms with Crippen molar-refractivity contribution in [3.63, 3.8) is 0 Å². The third-order valence-electron chi connectivity index (χ3n) is 4.50. The number of nitrogens with one attached hydrogen (secondary N) is 1. The van der Waals surface area contributed by atoms with Crippen molar-refractivity contribution >= 4 is 23.7 Å². The lowest BCUT2D eigenvalue weighted by Gasteiger charge is -2.05. The fourth-order valence-corrected chi connectivity index (χ4v) is 3.22. The smallest absolute Gasteiger partial charge is 0.271 e.